The molecule has 0 saturated carbocycles. The lowest BCUT2D eigenvalue weighted by molar-refractivity contribution is 0.0474. The van der Waals surface area contributed by atoms with Gasteiger partial charge in [0.05, 0.1) is 5.56 Å². The lowest BCUT2D eigenvalue weighted by Gasteiger charge is -2.07. The van der Waals surface area contributed by atoms with Gasteiger partial charge in [0.1, 0.15) is 6.61 Å². The number of nitrogens with two attached hydrogens (primary N) is 1. The molecular formula is C13H11ClN2O2. The fourth-order valence-electron chi connectivity index (χ4n) is 1.43. The van der Waals surface area contributed by atoms with Crippen molar-refractivity contribution in [2.45, 2.75) is 6.61 Å². The molecule has 0 spiro atoms. The maximum atomic E-state index is 11.8. The zero-order chi connectivity index (χ0) is 13.0. The number of halogens is 1. The Hall–Kier alpha value is -2.07. The molecule has 0 radical (unpaired) electrons. The third kappa shape index (κ3) is 2.99. The zero-order valence-corrected chi connectivity index (χ0v) is 10.2. The van der Waals surface area contributed by atoms with E-state index in [1.165, 1.54) is 6.07 Å². The number of carbonyl (C=O) groups is 1. The van der Waals surface area contributed by atoms with Gasteiger partial charge in [-0.05, 0) is 35.9 Å². The van der Waals surface area contributed by atoms with Crippen LogP contribution in [0.3, 0.4) is 0 Å². The monoisotopic (exact) mass is 262 g/mol. The Morgan fingerprint density at radius 2 is 2.00 bits per heavy atom. The second kappa shape index (κ2) is 5.51. The summed E-state index contributed by atoms with van der Waals surface area (Å²) in [7, 11) is 0. The van der Waals surface area contributed by atoms with Crippen LogP contribution in [0.1, 0.15) is 15.9 Å². The first-order valence-electron chi connectivity index (χ1n) is 5.28. The molecule has 0 aliphatic carbocycles. The van der Waals surface area contributed by atoms with Gasteiger partial charge in [0, 0.05) is 23.1 Å². The van der Waals surface area contributed by atoms with Gasteiger partial charge in [-0.1, -0.05) is 11.6 Å². The van der Waals surface area contributed by atoms with E-state index >= 15 is 0 Å². The molecule has 0 aliphatic rings. The molecule has 0 amide bonds. The summed E-state index contributed by atoms with van der Waals surface area (Å²) in [6.45, 7) is 0.184. The normalized spacial score (nSPS) is 10.1. The van der Waals surface area contributed by atoms with E-state index < -0.39 is 5.97 Å². The highest BCUT2D eigenvalue weighted by Gasteiger charge is 2.11. The number of hydrogen-bond donors (Lipinski definition) is 1. The van der Waals surface area contributed by atoms with Crippen LogP contribution in [0, 0.1) is 0 Å². The van der Waals surface area contributed by atoms with Crippen LogP contribution in [0.5, 0.6) is 0 Å². The van der Waals surface area contributed by atoms with Crippen molar-refractivity contribution in [1.82, 2.24) is 4.98 Å². The van der Waals surface area contributed by atoms with E-state index in [9.17, 15) is 4.79 Å². The molecule has 1 aromatic carbocycles. The molecule has 0 aliphatic heterocycles. The zero-order valence-electron chi connectivity index (χ0n) is 9.47. The Bertz CT molecular complexity index is 558. The van der Waals surface area contributed by atoms with Crippen molar-refractivity contribution in [2.24, 2.45) is 0 Å². The number of ether oxygens (including phenoxy) is 1. The molecular weight excluding hydrogens is 252 g/mol. The standard InChI is InChI=1S/C13H11ClN2O2/c14-10-1-2-11(12(15)7-10)13(17)18-8-9-3-5-16-6-4-9/h1-7H,8,15H2. The lowest BCUT2D eigenvalue weighted by Crippen LogP contribution is -2.08. The van der Waals surface area contributed by atoms with Crippen LogP contribution in [0.2, 0.25) is 5.02 Å². The van der Waals surface area contributed by atoms with Crippen molar-refractivity contribution >= 4 is 23.3 Å². The van der Waals surface area contributed by atoms with Gasteiger partial charge < -0.3 is 10.5 Å². The van der Waals surface area contributed by atoms with Crippen molar-refractivity contribution in [2.75, 3.05) is 5.73 Å². The van der Waals surface area contributed by atoms with Crippen LogP contribution in [0.25, 0.3) is 0 Å². The number of nitrogen functional groups attached to an aromatic ring is 1. The van der Waals surface area contributed by atoms with Crippen LogP contribution in [0.15, 0.2) is 42.7 Å². The number of nitrogens with zero attached hydrogens (tertiary/aromatic N) is 1. The van der Waals surface area contributed by atoms with Gasteiger partial charge in [-0.25, -0.2) is 4.79 Å². The molecule has 2 rings (SSSR count). The van der Waals surface area contributed by atoms with Gasteiger partial charge in [0.2, 0.25) is 0 Å². The summed E-state index contributed by atoms with van der Waals surface area (Å²) in [6.07, 6.45) is 3.28. The van der Waals surface area contributed by atoms with Gasteiger partial charge in [-0.3, -0.25) is 4.98 Å². The van der Waals surface area contributed by atoms with Crippen molar-refractivity contribution in [3.05, 3.63) is 58.9 Å². The van der Waals surface area contributed by atoms with Gasteiger partial charge >= 0.3 is 5.97 Å². The molecule has 0 bridgehead atoms. The molecule has 1 heterocycles. The van der Waals surface area contributed by atoms with E-state index in [4.69, 9.17) is 22.1 Å². The van der Waals surface area contributed by atoms with E-state index in [1.54, 1.807) is 36.7 Å². The minimum atomic E-state index is -0.471. The second-order valence-electron chi connectivity index (χ2n) is 3.66. The molecule has 1 aromatic heterocycles. The molecule has 0 atom stereocenters. The van der Waals surface area contributed by atoms with Crippen LogP contribution < -0.4 is 5.73 Å². The van der Waals surface area contributed by atoms with E-state index in [0.717, 1.165) is 5.56 Å². The summed E-state index contributed by atoms with van der Waals surface area (Å²) in [5.74, 6) is -0.471. The fraction of sp³-hybridized carbons (Fsp3) is 0.0769. The first-order valence-corrected chi connectivity index (χ1v) is 5.65. The molecule has 0 fully saturated rings. The summed E-state index contributed by atoms with van der Waals surface area (Å²) >= 11 is 5.76. The fourth-order valence-corrected chi connectivity index (χ4v) is 1.61. The summed E-state index contributed by atoms with van der Waals surface area (Å²) in [6, 6.07) is 8.22. The average molecular weight is 263 g/mol. The Balaban J connectivity index is 2.04. The molecule has 2 N–H and O–H groups in total. The van der Waals surface area contributed by atoms with Crippen molar-refractivity contribution in [3.8, 4) is 0 Å². The highest BCUT2D eigenvalue weighted by atomic mass is 35.5. The van der Waals surface area contributed by atoms with Gasteiger partial charge in [0.25, 0.3) is 0 Å². The summed E-state index contributed by atoms with van der Waals surface area (Å²) in [5.41, 5.74) is 7.18. The third-order valence-electron chi connectivity index (χ3n) is 2.35. The molecule has 4 nitrogen and oxygen atoms in total. The molecule has 0 saturated heterocycles. The highest BCUT2D eigenvalue weighted by Crippen LogP contribution is 2.19. The highest BCUT2D eigenvalue weighted by molar-refractivity contribution is 6.31. The maximum absolute atomic E-state index is 11.8. The lowest BCUT2D eigenvalue weighted by atomic mass is 10.2. The van der Waals surface area contributed by atoms with Crippen LogP contribution in [-0.4, -0.2) is 11.0 Å². The molecule has 92 valence electrons. The number of aromatic nitrogens is 1. The molecule has 18 heavy (non-hydrogen) atoms. The van der Waals surface area contributed by atoms with Crippen LogP contribution >= 0.6 is 11.6 Å². The third-order valence-corrected chi connectivity index (χ3v) is 2.59. The van der Waals surface area contributed by atoms with Gasteiger partial charge in [-0.2, -0.15) is 0 Å². The largest absolute Gasteiger partial charge is 0.457 e. The number of carbonyl (C=O) groups excluding carboxylic acids is 1. The predicted octanol–water partition coefficient (Wildman–Crippen LogP) is 2.67. The number of rotatable bonds is 3. The quantitative estimate of drug-likeness (QED) is 0.682. The number of anilines is 1. The van der Waals surface area contributed by atoms with Crippen molar-refractivity contribution < 1.29 is 9.53 Å². The maximum Gasteiger partial charge on any atom is 0.340 e. The minimum absolute atomic E-state index is 0.184. The van der Waals surface area contributed by atoms with Crippen molar-refractivity contribution in [1.29, 1.82) is 0 Å². The van der Waals surface area contributed by atoms with E-state index in [1.807, 2.05) is 0 Å². The number of benzene rings is 1. The van der Waals surface area contributed by atoms with Gasteiger partial charge in [-0.15, -0.1) is 0 Å². The minimum Gasteiger partial charge on any atom is -0.457 e. The number of hydrogen-bond acceptors (Lipinski definition) is 4. The van der Waals surface area contributed by atoms with E-state index in [2.05, 4.69) is 4.98 Å². The molecule has 0 unspecified atom stereocenters. The topological polar surface area (TPSA) is 65.2 Å². The molecule has 2 aromatic rings. The average Bonchev–Trinajstić information content (AvgIpc) is 2.37. The van der Waals surface area contributed by atoms with E-state index in [-0.39, 0.29) is 6.61 Å². The Kier molecular flexibility index (Phi) is 3.79. The first-order chi connectivity index (χ1) is 8.66. The SMILES string of the molecule is Nc1cc(Cl)ccc1C(=O)OCc1ccncc1. The van der Waals surface area contributed by atoms with Crippen LogP contribution in [0.4, 0.5) is 5.69 Å². The Morgan fingerprint density at radius 3 is 2.67 bits per heavy atom. The Labute approximate surface area is 109 Å². The smallest absolute Gasteiger partial charge is 0.340 e. The predicted molar refractivity (Wildman–Crippen MR) is 69.2 cm³/mol. The van der Waals surface area contributed by atoms with Gasteiger partial charge in [0.15, 0.2) is 0 Å². The summed E-state index contributed by atoms with van der Waals surface area (Å²) < 4.78 is 5.15. The van der Waals surface area contributed by atoms with Crippen molar-refractivity contribution in [3.63, 3.8) is 0 Å². The first kappa shape index (κ1) is 12.4. The number of pyridine rings is 1. The number of esters is 1. The molecule has 5 heteroatoms. The Morgan fingerprint density at radius 1 is 1.28 bits per heavy atom. The summed E-state index contributed by atoms with van der Waals surface area (Å²) in [5, 5.41) is 0.484. The van der Waals surface area contributed by atoms with E-state index in [0.29, 0.717) is 16.3 Å². The van der Waals surface area contributed by atoms with Crippen LogP contribution in [-0.2, 0) is 11.3 Å². The second-order valence-corrected chi connectivity index (χ2v) is 4.10. The summed E-state index contributed by atoms with van der Waals surface area (Å²) in [4.78, 5) is 15.7.